The molecule has 0 amide bonds. The fraction of sp³-hybridized carbons (Fsp3) is 0.286. The molecule has 0 aliphatic carbocycles. The number of anilines is 3. The molecule has 1 aromatic heterocycles. The second-order valence-electron chi connectivity index (χ2n) is 4.95. The molecular weight excluding hydrogens is 289 g/mol. The number of nitrogens with one attached hydrogen (secondary N) is 1. The minimum Gasteiger partial charge on any atom is -0.351 e. The molecule has 0 saturated carbocycles. The summed E-state index contributed by atoms with van der Waals surface area (Å²) < 4.78 is 13.7. The summed E-state index contributed by atoms with van der Waals surface area (Å²) in [5, 5.41) is 14.1. The van der Waals surface area contributed by atoms with Gasteiger partial charge in [-0.05, 0) is 25.0 Å². The van der Waals surface area contributed by atoms with Crippen LogP contribution >= 0.6 is 0 Å². The first-order chi connectivity index (χ1) is 10.7. The first-order valence-corrected chi connectivity index (χ1v) is 6.92. The molecule has 2 aromatic rings. The van der Waals surface area contributed by atoms with E-state index in [9.17, 15) is 14.5 Å². The molecule has 7 nitrogen and oxygen atoms in total. The van der Waals surface area contributed by atoms with Crippen molar-refractivity contribution in [2.75, 3.05) is 23.3 Å². The number of nitro groups is 1. The highest BCUT2D eigenvalue weighted by Crippen LogP contribution is 2.35. The van der Waals surface area contributed by atoms with E-state index in [0.717, 1.165) is 25.9 Å². The van der Waals surface area contributed by atoms with Gasteiger partial charge in [-0.15, -0.1) is 0 Å². The quantitative estimate of drug-likeness (QED) is 0.690. The Morgan fingerprint density at radius 3 is 2.64 bits per heavy atom. The van der Waals surface area contributed by atoms with E-state index >= 15 is 0 Å². The van der Waals surface area contributed by atoms with E-state index in [4.69, 9.17) is 0 Å². The lowest BCUT2D eigenvalue weighted by Crippen LogP contribution is -2.21. The summed E-state index contributed by atoms with van der Waals surface area (Å²) in [4.78, 5) is 20.7. The van der Waals surface area contributed by atoms with Crippen molar-refractivity contribution in [3.8, 4) is 0 Å². The summed E-state index contributed by atoms with van der Waals surface area (Å²) in [5.74, 6) is -0.235. The zero-order chi connectivity index (χ0) is 15.5. The van der Waals surface area contributed by atoms with Crippen LogP contribution in [0.5, 0.6) is 0 Å². The highest BCUT2D eigenvalue weighted by atomic mass is 19.1. The number of para-hydroxylation sites is 1. The summed E-state index contributed by atoms with van der Waals surface area (Å²) in [5.41, 5.74) is -0.0932. The molecular formula is C14H14FN5O2. The van der Waals surface area contributed by atoms with Crippen LogP contribution in [0, 0.1) is 15.9 Å². The Kier molecular flexibility index (Phi) is 3.82. The van der Waals surface area contributed by atoms with Gasteiger partial charge in [-0.25, -0.2) is 14.4 Å². The number of benzene rings is 1. The summed E-state index contributed by atoms with van der Waals surface area (Å²) >= 11 is 0. The summed E-state index contributed by atoms with van der Waals surface area (Å²) in [6, 6.07) is 5.96. The molecule has 0 atom stereocenters. The lowest BCUT2D eigenvalue weighted by atomic mass is 10.3. The van der Waals surface area contributed by atoms with Crippen molar-refractivity contribution in [2.45, 2.75) is 12.8 Å². The largest absolute Gasteiger partial charge is 0.353 e. The Morgan fingerprint density at radius 1 is 1.23 bits per heavy atom. The molecule has 2 heterocycles. The molecule has 22 heavy (non-hydrogen) atoms. The Labute approximate surface area is 126 Å². The second kappa shape index (κ2) is 5.92. The lowest BCUT2D eigenvalue weighted by Gasteiger charge is -2.17. The van der Waals surface area contributed by atoms with Crippen LogP contribution in [0.3, 0.4) is 0 Å². The minimum absolute atomic E-state index is 0.00741. The standard InChI is InChI=1S/C14H14FN5O2/c15-10-5-1-2-6-11(10)18-13-12(20(21)22)14(17-9-16-13)19-7-3-4-8-19/h1-2,5-6,9H,3-4,7-8H2,(H,16,17,18). The average molecular weight is 303 g/mol. The van der Waals surface area contributed by atoms with Crippen molar-refractivity contribution in [2.24, 2.45) is 0 Å². The van der Waals surface area contributed by atoms with Crippen LogP contribution in [0.2, 0.25) is 0 Å². The van der Waals surface area contributed by atoms with Gasteiger partial charge in [0.2, 0.25) is 11.6 Å². The van der Waals surface area contributed by atoms with Gasteiger partial charge < -0.3 is 10.2 Å². The Hall–Kier alpha value is -2.77. The minimum atomic E-state index is -0.531. The van der Waals surface area contributed by atoms with E-state index < -0.39 is 10.7 Å². The van der Waals surface area contributed by atoms with Gasteiger partial charge >= 0.3 is 5.69 Å². The van der Waals surface area contributed by atoms with Gasteiger partial charge in [-0.3, -0.25) is 10.1 Å². The smallest absolute Gasteiger partial charge is 0.351 e. The molecule has 0 spiro atoms. The van der Waals surface area contributed by atoms with Crippen LogP contribution in [0.1, 0.15) is 12.8 Å². The third-order valence-electron chi connectivity index (χ3n) is 3.52. The average Bonchev–Trinajstić information content (AvgIpc) is 3.03. The monoisotopic (exact) mass is 303 g/mol. The number of nitrogens with zero attached hydrogens (tertiary/aromatic N) is 4. The second-order valence-corrected chi connectivity index (χ2v) is 4.95. The van der Waals surface area contributed by atoms with Crippen molar-refractivity contribution in [1.29, 1.82) is 0 Å². The van der Waals surface area contributed by atoms with Gasteiger partial charge in [0.1, 0.15) is 12.1 Å². The Morgan fingerprint density at radius 2 is 1.95 bits per heavy atom. The number of hydrogen-bond acceptors (Lipinski definition) is 6. The summed E-state index contributed by atoms with van der Waals surface area (Å²) in [6.07, 6.45) is 3.19. The summed E-state index contributed by atoms with van der Waals surface area (Å²) in [7, 11) is 0. The maximum Gasteiger partial charge on any atom is 0.353 e. The van der Waals surface area contributed by atoms with E-state index in [1.54, 1.807) is 12.1 Å². The van der Waals surface area contributed by atoms with E-state index in [-0.39, 0.29) is 23.0 Å². The maximum atomic E-state index is 13.7. The van der Waals surface area contributed by atoms with Gasteiger partial charge in [-0.1, -0.05) is 12.1 Å². The molecule has 3 rings (SSSR count). The zero-order valence-corrected chi connectivity index (χ0v) is 11.7. The normalized spacial score (nSPS) is 14.1. The van der Waals surface area contributed by atoms with Crippen molar-refractivity contribution < 1.29 is 9.31 Å². The van der Waals surface area contributed by atoms with E-state index in [0.29, 0.717) is 0 Å². The van der Waals surface area contributed by atoms with Gasteiger partial charge in [0.05, 0.1) is 10.6 Å². The van der Waals surface area contributed by atoms with Crippen molar-refractivity contribution in [1.82, 2.24) is 9.97 Å². The Bertz CT molecular complexity index is 703. The number of rotatable bonds is 4. The molecule has 0 bridgehead atoms. The lowest BCUT2D eigenvalue weighted by molar-refractivity contribution is -0.383. The van der Waals surface area contributed by atoms with Gasteiger partial charge in [0.15, 0.2) is 0 Å². The zero-order valence-electron chi connectivity index (χ0n) is 11.7. The number of halogens is 1. The van der Waals surface area contributed by atoms with Crippen LogP contribution in [0.25, 0.3) is 0 Å². The van der Waals surface area contributed by atoms with E-state index in [1.807, 2.05) is 4.90 Å². The molecule has 1 aliphatic rings. The molecule has 0 radical (unpaired) electrons. The Balaban J connectivity index is 2.02. The molecule has 8 heteroatoms. The number of aromatic nitrogens is 2. The van der Waals surface area contributed by atoms with Crippen molar-refractivity contribution in [3.05, 3.63) is 46.5 Å². The van der Waals surface area contributed by atoms with E-state index in [1.165, 1.54) is 18.5 Å². The van der Waals surface area contributed by atoms with Crippen LogP contribution < -0.4 is 10.2 Å². The van der Waals surface area contributed by atoms with Gasteiger partial charge in [-0.2, -0.15) is 0 Å². The summed E-state index contributed by atoms with van der Waals surface area (Å²) in [6.45, 7) is 1.44. The predicted octanol–water partition coefficient (Wildman–Crippen LogP) is 2.87. The van der Waals surface area contributed by atoms with Crippen LogP contribution in [-0.2, 0) is 0 Å². The van der Waals surface area contributed by atoms with Crippen molar-refractivity contribution in [3.63, 3.8) is 0 Å². The third kappa shape index (κ3) is 2.67. The SMILES string of the molecule is O=[N+]([O-])c1c(Nc2ccccc2F)ncnc1N1CCCC1. The fourth-order valence-corrected chi connectivity index (χ4v) is 2.48. The van der Waals surface area contributed by atoms with Crippen LogP contribution in [0.15, 0.2) is 30.6 Å². The van der Waals surface area contributed by atoms with Gasteiger partial charge in [0, 0.05) is 13.1 Å². The molecule has 1 aliphatic heterocycles. The topological polar surface area (TPSA) is 84.2 Å². The third-order valence-corrected chi connectivity index (χ3v) is 3.52. The highest BCUT2D eigenvalue weighted by molar-refractivity contribution is 5.74. The highest BCUT2D eigenvalue weighted by Gasteiger charge is 2.28. The molecule has 1 saturated heterocycles. The number of hydrogen-bond donors (Lipinski definition) is 1. The van der Waals surface area contributed by atoms with E-state index in [2.05, 4.69) is 15.3 Å². The fourth-order valence-electron chi connectivity index (χ4n) is 2.48. The first kappa shape index (κ1) is 14.2. The predicted molar refractivity (Wildman–Crippen MR) is 79.8 cm³/mol. The van der Waals surface area contributed by atoms with Crippen LogP contribution in [0.4, 0.5) is 27.4 Å². The molecule has 1 aromatic carbocycles. The van der Waals surface area contributed by atoms with Crippen LogP contribution in [-0.4, -0.2) is 28.0 Å². The molecule has 114 valence electrons. The molecule has 0 unspecified atom stereocenters. The van der Waals surface area contributed by atoms with Crippen molar-refractivity contribution >= 4 is 23.0 Å². The maximum absolute atomic E-state index is 13.7. The molecule has 1 N–H and O–H groups in total. The molecule has 1 fully saturated rings. The first-order valence-electron chi connectivity index (χ1n) is 6.92. The van der Waals surface area contributed by atoms with Gasteiger partial charge in [0.25, 0.3) is 0 Å².